The van der Waals surface area contributed by atoms with Crippen molar-refractivity contribution in [2.24, 2.45) is 0 Å². The van der Waals surface area contributed by atoms with E-state index in [0.29, 0.717) is 42.7 Å². The van der Waals surface area contributed by atoms with E-state index in [1.54, 1.807) is 26.4 Å². The lowest BCUT2D eigenvalue weighted by molar-refractivity contribution is 0.0757. The summed E-state index contributed by atoms with van der Waals surface area (Å²) in [5.74, 6) is 2.26. The van der Waals surface area contributed by atoms with Gasteiger partial charge in [-0.25, -0.2) is 0 Å². The molecule has 2 heterocycles. The molecule has 1 aromatic carbocycles. The molecule has 0 saturated heterocycles. The van der Waals surface area contributed by atoms with E-state index < -0.39 is 0 Å². The summed E-state index contributed by atoms with van der Waals surface area (Å²) in [5.41, 5.74) is 0.773. The zero-order valence-electron chi connectivity index (χ0n) is 16.9. The number of aromatic nitrogens is 2. The molecule has 0 saturated carbocycles. The summed E-state index contributed by atoms with van der Waals surface area (Å²) >= 11 is 1.46. The second kappa shape index (κ2) is 10.1. The standard InChI is InChI=1S/C21H25N3O4S/c1-4-5-11-24(21(25)18-7-6-13-29-18)12-10-19-22-20(23-28-19)15-8-9-16(26-2)17(14-15)27-3/h6-9,13-14H,4-5,10-12H2,1-3H3. The van der Waals surface area contributed by atoms with Gasteiger partial charge in [0.25, 0.3) is 5.91 Å². The van der Waals surface area contributed by atoms with Gasteiger partial charge in [0.15, 0.2) is 11.5 Å². The molecule has 29 heavy (non-hydrogen) atoms. The quantitative estimate of drug-likeness (QED) is 0.491. The Kier molecular flexibility index (Phi) is 7.24. The van der Waals surface area contributed by atoms with Gasteiger partial charge in [-0.05, 0) is 36.1 Å². The highest BCUT2D eigenvalue weighted by molar-refractivity contribution is 7.12. The van der Waals surface area contributed by atoms with Gasteiger partial charge in [0.05, 0.1) is 19.1 Å². The lowest BCUT2D eigenvalue weighted by atomic mass is 10.2. The molecule has 8 heteroatoms. The van der Waals surface area contributed by atoms with Gasteiger partial charge in [-0.3, -0.25) is 4.79 Å². The van der Waals surface area contributed by atoms with Crippen molar-refractivity contribution in [1.29, 1.82) is 0 Å². The molecule has 0 spiro atoms. The number of ether oxygens (including phenoxy) is 2. The predicted molar refractivity (Wildman–Crippen MR) is 112 cm³/mol. The molecule has 3 aromatic rings. The molecule has 0 bridgehead atoms. The lowest BCUT2D eigenvalue weighted by Gasteiger charge is -2.21. The molecule has 0 aliphatic rings. The van der Waals surface area contributed by atoms with Crippen LogP contribution in [0.3, 0.4) is 0 Å². The molecule has 0 radical (unpaired) electrons. The Balaban J connectivity index is 1.69. The number of amides is 1. The predicted octanol–water partition coefficient (Wildman–Crippen LogP) is 4.30. The fourth-order valence-electron chi connectivity index (χ4n) is 2.90. The number of carbonyl (C=O) groups excluding carboxylic acids is 1. The zero-order valence-corrected chi connectivity index (χ0v) is 17.7. The minimum absolute atomic E-state index is 0.0491. The summed E-state index contributed by atoms with van der Waals surface area (Å²) in [7, 11) is 3.17. The first kappa shape index (κ1) is 20.9. The topological polar surface area (TPSA) is 77.7 Å². The fraction of sp³-hybridized carbons (Fsp3) is 0.381. The Hall–Kier alpha value is -2.87. The highest BCUT2D eigenvalue weighted by atomic mass is 32.1. The van der Waals surface area contributed by atoms with Crippen LogP contribution in [-0.2, 0) is 6.42 Å². The number of hydrogen-bond donors (Lipinski definition) is 0. The van der Waals surface area contributed by atoms with Crippen molar-refractivity contribution in [3.05, 3.63) is 46.5 Å². The molecule has 7 nitrogen and oxygen atoms in total. The maximum absolute atomic E-state index is 12.7. The first-order chi connectivity index (χ1) is 14.2. The van der Waals surface area contributed by atoms with Crippen molar-refractivity contribution in [2.45, 2.75) is 26.2 Å². The van der Waals surface area contributed by atoms with E-state index >= 15 is 0 Å². The van der Waals surface area contributed by atoms with Gasteiger partial charge < -0.3 is 18.9 Å². The summed E-state index contributed by atoms with van der Waals surface area (Å²) in [6.07, 6.45) is 2.48. The van der Waals surface area contributed by atoms with Crippen LogP contribution in [0.1, 0.15) is 35.3 Å². The van der Waals surface area contributed by atoms with Crippen LogP contribution in [0.4, 0.5) is 0 Å². The van der Waals surface area contributed by atoms with Crippen LogP contribution in [0, 0.1) is 0 Å². The number of thiophene rings is 1. The van der Waals surface area contributed by atoms with Gasteiger partial charge in [0, 0.05) is 25.1 Å². The minimum atomic E-state index is 0.0491. The van der Waals surface area contributed by atoms with Crippen molar-refractivity contribution in [3.8, 4) is 22.9 Å². The van der Waals surface area contributed by atoms with Gasteiger partial charge in [0.1, 0.15) is 0 Å². The number of unbranched alkanes of at least 4 members (excludes halogenated alkanes) is 1. The van der Waals surface area contributed by atoms with Crippen LogP contribution in [0.2, 0.25) is 0 Å². The highest BCUT2D eigenvalue weighted by Gasteiger charge is 2.18. The molecule has 2 aromatic heterocycles. The van der Waals surface area contributed by atoms with E-state index in [1.165, 1.54) is 11.3 Å². The summed E-state index contributed by atoms with van der Waals surface area (Å²) in [4.78, 5) is 19.8. The Bertz CT molecular complexity index is 924. The largest absolute Gasteiger partial charge is 0.493 e. The van der Waals surface area contributed by atoms with Gasteiger partial charge in [-0.2, -0.15) is 4.98 Å². The van der Waals surface area contributed by atoms with Crippen molar-refractivity contribution >= 4 is 17.2 Å². The molecule has 3 rings (SSSR count). The van der Waals surface area contributed by atoms with E-state index in [1.807, 2.05) is 28.5 Å². The van der Waals surface area contributed by atoms with Crippen molar-refractivity contribution < 1.29 is 18.8 Å². The second-order valence-electron chi connectivity index (χ2n) is 6.45. The summed E-state index contributed by atoms with van der Waals surface area (Å²) in [5, 5.41) is 5.98. The van der Waals surface area contributed by atoms with E-state index in [-0.39, 0.29) is 5.91 Å². The molecular formula is C21H25N3O4S. The van der Waals surface area contributed by atoms with Crippen LogP contribution in [-0.4, -0.2) is 48.3 Å². The fourth-order valence-corrected chi connectivity index (χ4v) is 3.59. The van der Waals surface area contributed by atoms with Gasteiger partial charge in [-0.1, -0.05) is 24.6 Å². The zero-order chi connectivity index (χ0) is 20.6. The Morgan fingerprint density at radius 3 is 2.69 bits per heavy atom. The van der Waals surface area contributed by atoms with Gasteiger partial charge >= 0.3 is 0 Å². The van der Waals surface area contributed by atoms with Gasteiger partial charge in [-0.15, -0.1) is 11.3 Å². The Morgan fingerprint density at radius 2 is 2.00 bits per heavy atom. The molecule has 1 amide bonds. The molecule has 0 fully saturated rings. The SMILES string of the molecule is CCCCN(CCc1nc(-c2ccc(OC)c(OC)c2)no1)C(=O)c1cccs1. The van der Waals surface area contributed by atoms with Crippen LogP contribution in [0.15, 0.2) is 40.2 Å². The molecule has 154 valence electrons. The minimum Gasteiger partial charge on any atom is -0.493 e. The number of hydrogen-bond acceptors (Lipinski definition) is 7. The Labute approximate surface area is 174 Å². The highest BCUT2D eigenvalue weighted by Crippen LogP contribution is 2.31. The van der Waals surface area contributed by atoms with Crippen molar-refractivity contribution in [1.82, 2.24) is 15.0 Å². The third kappa shape index (κ3) is 5.14. The smallest absolute Gasteiger partial charge is 0.263 e. The average Bonchev–Trinajstić information content (AvgIpc) is 3.45. The summed E-state index contributed by atoms with van der Waals surface area (Å²) in [6.45, 7) is 3.36. The van der Waals surface area contributed by atoms with Crippen LogP contribution >= 0.6 is 11.3 Å². The van der Waals surface area contributed by atoms with E-state index in [9.17, 15) is 4.79 Å². The summed E-state index contributed by atoms with van der Waals surface area (Å²) in [6, 6.07) is 9.21. The third-order valence-corrected chi connectivity index (χ3v) is 5.36. The molecule has 0 atom stereocenters. The Morgan fingerprint density at radius 1 is 1.17 bits per heavy atom. The maximum atomic E-state index is 12.7. The van der Waals surface area contributed by atoms with Crippen molar-refractivity contribution in [3.63, 3.8) is 0 Å². The molecular weight excluding hydrogens is 390 g/mol. The number of carbonyl (C=O) groups is 1. The molecule has 0 aliphatic carbocycles. The molecule has 0 N–H and O–H groups in total. The van der Waals surface area contributed by atoms with Crippen LogP contribution in [0.5, 0.6) is 11.5 Å². The number of nitrogens with zero attached hydrogens (tertiary/aromatic N) is 3. The first-order valence-electron chi connectivity index (χ1n) is 9.54. The average molecular weight is 416 g/mol. The lowest BCUT2D eigenvalue weighted by Crippen LogP contribution is -2.33. The van der Waals surface area contributed by atoms with Crippen LogP contribution in [0.25, 0.3) is 11.4 Å². The van der Waals surface area contributed by atoms with E-state index in [4.69, 9.17) is 14.0 Å². The van der Waals surface area contributed by atoms with E-state index in [2.05, 4.69) is 17.1 Å². The normalized spacial score (nSPS) is 10.7. The molecule has 0 aliphatic heterocycles. The number of methoxy groups -OCH3 is 2. The molecule has 0 unspecified atom stereocenters. The first-order valence-corrected chi connectivity index (χ1v) is 10.4. The third-order valence-electron chi connectivity index (χ3n) is 4.51. The maximum Gasteiger partial charge on any atom is 0.263 e. The van der Waals surface area contributed by atoms with E-state index in [0.717, 1.165) is 23.3 Å². The van der Waals surface area contributed by atoms with Crippen LogP contribution < -0.4 is 9.47 Å². The van der Waals surface area contributed by atoms with Crippen molar-refractivity contribution in [2.75, 3.05) is 27.3 Å². The monoisotopic (exact) mass is 415 g/mol. The number of benzene rings is 1. The number of rotatable bonds is 10. The second-order valence-corrected chi connectivity index (χ2v) is 7.40. The summed E-state index contributed by atoms with van der Waals surface area (Å²) < 4.78 is 16.0. The van der Waals surface area contributed by atoms with Gasteiger partial charge in [0.2, 0.25) is 11.7 Å².